The van der Waals surface area contributed by atoms with Gasteiger partial charge < -0.3 is 19.5 Å². The van der Waals surface area contributed by atoms with Crippen molar-refractivity contribution in [3.8, 4) is 0 Å². The Morgan fingerprint density at radius 2 is 2.22 bits per heavy atom. The van der Waals surface area contributed by atoms with E-state index in [4.69, 9.17) is 9.26 Å². The third kappa shape index (κ3) is 4.85. The number of nitrogens with one attached hydrogen (secondary N) is 1. The van der Waals surface area contributed by atoms with Crippen LogP contribution in [-0.4, -0.2) is 53.6 Å². The Bertz CT molecular complexity index is 557. The summed E-state index contributed by atoms with van der Waals surface area (Å²) in [6.45, 7) is 4.67. The minimum atomic E-state index is -4.51. The minimum Gasteiger partial charge on any atom is -0.361 e. The molecule has 0 radical (unpaired) electrons. The smallest absolute Gasteiger partial charge is 0.361 e. The number of amides is 2. The van der Waals surface area contributed by atoms with Crippen LogP contribution in [0.3, 0.4) is 0 Å². The highest BCUT2D eigenvalue weighted by atomic mass is 19.4. The number of hydrogen-bond acceptors (Lipinski definition) is 4. The van der Waals surface area contributed by atoms with Crippen LogP contribution in [0.25, 0.3) is 0 Å². The van der Waals surface area contributed by atoms with Crippen LogP contribution in [0.4, 0.5) is 18.0 Å². The number of carbonyl (C=O) groups is 1. The number of ether oxygens (including phenoxy) is 1. The molecule has 9 heteroatoms. The highest BCUT2D eigenvalue weighted by Crippen LogP contribution is 2.31. The van der Waals surface area contributed by atoms with Gasteiger partial charge in [-0.1, -0.05) is 5.16 Å². The third-order valence-electron chi connectivity index (χ3n) is 3.40. The van der Waals surface area contributed by atoms with Gasteiger partial charge in [0.25, 0.3) is 0 Å². The van der Waals surface area contributed by atoms with Crippen LogP contribution in [0, 0.1) is 6.92 Å². The van der Waals surface area contributed by atoms with Gasteiger partial charge in [-0.15, -0.1) is 0 Å². The Labute approximate surface area is 131 Å². The maximum Gasteiger partial charge on any atom is 0.416 e. The first-order valence-corrected chi connectivity index (χ1v) is 7.26. The van der Waals surface area contributed by atoms with Gasteiger partial charge in [-0.3, -0.25) is 0 Å². The summed E-state index contributed by atoms with van der Waals surface area (Å²) in [5.74, 6) is 0.610. The van der Waals surface area contributed by atoms with E-state index in [1.165, 1.54) is 13.8 Å². The lowest BCUT2D eigenvalue weighted by Crippen LogP contribution is -2.60. The molecular weight excluding hydrogens is 315 g/mol. The summed E-state index contributed by atoms with van der Waals surface area (Å²) in [7, 11) is 0. The molecule has 1 fully saturated rings. The quantitative estimate of drug-likeness (QED) is 0.920. The van der Waals surface area contributed by atoms with E-state index in [9.17, 15) is 18.0 Å². The first-order chi connectivity index (χ1) is 10.6. The molecule has 1 N–H and O–H groups in total. The molecule has 1 aliphatic heterocycles. The van der Waals surface area contributed by atoms with Gasteiger partial charge in [0, 0.05) is 19.0 Å². The highest BCUT2D eigenvalue weighted by Gasteiger charge is 2.49. The molecule has 1 unspecified atom stereocenters. The summed E-state index contributed by atoms with van der Waals surface area (Å²) < 4.78 is 48.7. The van der Waals surface area contributed by atoms with E-state index in [2.05, 4.69) is 10.5 Å². The highest BCUT2D eigenvalue weighted by molar-refractivity contribution is 5.74. The molecule has 1 aromatic rings. The van der Waals surface area contributed by atoms with Gasteiger partial charge >= 0.3 is 12.2 Å². The monoisotopic (exact) mass is 335 g/mol. The Balaban J connectivity index is 1.89. The maximum atomic E-state index is 12.9. The molecule has 6 nitrogen and oxygen atoms in total. The summed E-state index contributed by atoms with van der Waals surface area (Å²) in [6.07, 6.45) is -6.06. The first kappa shape index (κ1) is 17.6. The van der Waals surface area contributed by atoms with Gasteiger partial charge in [0.1, 0.15) is 5.76 Å². The molecule has 2 amide bonds. The molecule has 1 saturated heterocycles. The largest absolute Gasteiger partial charge is 0.416 e. The number of carbonyl (C=O) groups excluding carboxylic acids is 1. The number of alkyl halides is 3. The number of halogens is 3. The van der Waals surface area contributed by atoms with Crippen LogP contribution in [0.15, 0.2) is 10.6 Å². The van der Waals surface area contributed by atoms with Gasteiger partial charge in [0.05, 0.1) is 24.4 Å². The van der Waals surface area contributed by atoms with Crippen LogP contribution in [0.2, 0.25) is 0 Å². The normalized spacial score (nSPS) is 21.3. The number of aromatic nitrogens is 1. The average molecular weight is 335 g/mol. The third-order valence-corrected chi connectivity index (χ3v) is 3.40. The summed E-state index contributed by atoms with van der Waals surface area (Å²) >= 11 is 0. The second-order valence-electron chi connectivity index (χ2n) is 6.20. The predicted molar refractivity (Wildman–Crippen MR) is 74.9 cm³/mol. The van der Waals surface area contributed by atoms with Crippen LogP contribution >= 0.6 is 0 Å². The Morgan fingerprint density at radius 1 is 1.52 bits per heavy atom. The van der Waals surface area contributed by atoms with E-state index < -0.39 is 30.5 Å². The van der Waals surface area contributed by atoms with E-state index >= 15 is 0 Å². The molecule has 2 rings (SSSR count). The fourth-order valence-corrected chi connectivity index (χ4v) is 2.45. The van der Waals surface area contributed by atoms with Crippen molar-refractivity contribution in [2.75, 3.05) is 19.6 Å². The topological polar surface area (TPSA) is 67.6 Å². The number of urea groups is 1. The van der Waals surface area contributed by atoms with Crippen molar-refractivity contribution in [2.45, 2.75) is 45.1 Å². The lowest BCUT2D eigenvalue weighted by molar-refractivity contribution is -0.267. The van der Waals surface area contributed by atoms with Gasteiger partial charge in [-0.05, 0) is 20.8 Å². The predicted octanol–water partition coefficient (Wildman–Crippen LogP) is 2.28. The van der Waals surface area contributed by atoms with E-state index in [1.54, 1.807) is 13.0 Å². The standard InChI is InChI=1S/C14H20F3N3O3/c1-9-6-10(23-19-9)4-5-18-12(21)20-7-11(14(15,16)17)22-13(2,3)8-20/h6,11H,4-5,7-8H2,1-3H3,(H,18,21). The minimum absolute atomic E-state index is 0.0901. The second kappa shape index (κ2) is 6.38. The molecule has 0 aromatic carbocycles. The molecular formula is C14H20F3N3O3. The molecule has 1 aromatic heterocycles. The lowest BCUT2D eigenvalue weighted by Gasteiger charge is -2.43. The van der Waals surface area contributed by atoms with Crippen molar-refractivity contribution in [1.29, 1.82) is 0 Å². The Kier molecular flexibility index (Phi) is 4.88. The van der Waals surface area contributed by atoms with Crippen LogP contribution in [0.5, 0.6) is 0 Å². The van der Waals surface area contributed by atoms with Crippen molar-refractivity contribution >= 4 is 6.03 Å². The number of morpholine rings is 1. The van der Waals surface area contributed by atoms with Gasteiger partial charge in [0.15, 0.2) is 6.10 Å². The van der Waals surface area contributed by atoms with E-state index in [0.717, 1.165) is 10.6 Å². The first-order valence-electron chi connectivity index (χ1n) is 7.26. The zero-order valence-electron chi connectivity index (χ0n) is 13.2. The van der Waals surface area contributed by atoms with Crippen LogP contribution < -0.4 is 5.32 Å². The molecule has 0 bridgehead atoms. The lowest BCUT2D eigenvalue weighted by atomic mass is 10.1. The van der Waals surface area contributed by atoms with Gasteiger partial charge in [-0.25, -0.2) is 4.79 Å². The zero-order chi connectivity index (χ0) is 17.3. The van der Waals surface area contributed by atoms with Gasteiger partial charge in [0.2, 0.25) is 0 Å². The molecule has 130 valence electrons. The van der Waals surface area contributed by atoms with Crippen LogP contribution in [-0.2, 0) is 11.2 Å². The number of aryl methyl sites for hydroxylation is 1. The fraction of sp³-hybridized carbons (Fsp3) is 0.714. The van der Waals surface area contributed by atoms with Crippen molar-refractivity contribution < 1.29 is 27.2 Å². The molecule has 23 heavy (non-hydrogen) atoms. The molecule has 1 atom stereocenters. The van der Waals surface area contributed by atoms with Crippen molar-refractivity contribution in [3.05, 3.63) is 17.5 Å². The van der Waals surface area contributed by atoms with Gasteiger partial charge in [-0.2, -0.15) is 13.2 Å². The summed E-state index contributed by atoms with van der Waals surface area (Å²) in [5.41, 5.74) is -0.327. The Hall–Kier alpha value is -1.77. The second-order valence-corrected chi connectivity index (χ2v) is 6.20. The summed E-state index contributed by atoms with van der Waals surface area (Å²) in [6, 6.07) is 1.19. The molecule has 1 aliphatic rings. The van der Waals surface area contributed by atoms with E-state index in [0.29, 0.717) is 12.2 Å². The molecule has 0 aliphatic carbocycles. The van der Waals surface area contributed by atoms with Crippen molar-refractivity contribution in [2.24, 2.45) is 0 Å². The van der Waals surface area contributed by atoms with E-state index in [1.807, 2.05) is 0 Å². The average Bonchev–Trinajstić information content (AvgIpc) is 2.81. The summed E-state index contributed by atoms with van der Waals surface area (Å²) in [5, 5.41) is 6.32. The molecule has 0 saturated carbocycles. The fourth-order valence-electron chi connectivity index (χ4n) is 2.45. The number of hydrogen-bond donors (Lipinski definition) is 1. The molecule has 2 heterocycles. The Morgan fingerprint density at radius 3 is 2.78 bits per heavy atom. The molecule has 0 spiro atoms. The van der Waals surface area contributed by atoms with Crippen molar-refractivity contribution in [1.82, 2.24) is 15.4 Å². The zero-order valence-corrected chi connectivity index (χ0v) is 13.2. The SMILES string of the molecule is Cc1cc(CCNC(=O)N2CC(C(F)(F)F)OC(C)(C)C2)on1. The number of nitrogens with zero attached hydrogens (tertiary/aromatic N) is 2. The van der Waals surface area contributed by atoms with Crippen LogP contribution in [0.1, 0.15) is 25.3 Å². The van der Waals surface area contributed by atoms with E-state index in [-0.39, 0.29) is 13.1 Å². The van der Waals surface area contributed by atoms with Crippen molar-refractivity contribution in [3.63, 3.8) is 0 Å². The summed E-state index contributed by atoms with van der Waals surface area (Å²) in [4.78, 5) is 13.2. The maximum absolute atomic E-state index is 12.9. The number of rotatable bonds is 3.